The molecule has 0 aliphatic rings. The van der Waals surface area contributed by atoms with Gasteiger partial charge in [0.15, 0.2) is 5.58 Å². The SMILES string of the molecule is N#CCc1noc2cc(F)ccc12. The molecule has 0 saturated heterocycles. The van der Waals surface area contributed by atoms with Crippen LogP contribution in [0.25, 0.3) is 11.0 Å². The van der Waals surface area contributed by atoms with Gasteiger partial charge in [0.25, 0.3) is 0 Å². The molecule has 4 heteroatoms. The zero-order chi connectivity index (χ0) is 9.26. The van der Waals surface area contributed by atoms with Gasteiger partial charge in [0, 0.05) is 11.5 Å². The molecule has 0 N–H and O–H groups in total. The summed E-state index contributed by atoms with van der Waals surface area (Å²) in [6.07, 6.45) is 0.179. The lowest BCUT2D eigenvalue weighted by Crippen LogP contribution is -1.80. The summed E-state index contributed by atoms with van der Waals surface area (Å²) >= 11 is 0. The molecule has 0 spiro atoms. The Bertz CT molecular complexity index is 484. The Kier molecular flexibility index (Phi) is 1.71. The van der Waals surface area contributed by atoms with Gasteiger partial charge in [0.05, 0.1) is 12.5 Å². The first-order valence-electron chi connectivity index (χ1n) is 3.72. The van der Waals surface area contributed by atoms with E-state index in [1.807, 2.05) is 6.07 Å². The topological polar surface area (TPSA) is 49.8 Å². The molecule has 2 rings (SSSR count). The van der Waals surface area contributed by atoms with Gasteiger partial charge in [-0.05, 0) is 12.1 Å². The molecule has 0 aliphatic heterocycles. The minimum atomic E-state index is -0.368. The van der Waals surface area contributed by atoms with Crippen molar-refractivity contribution in [1.82, 2.24) is 5.16 Å². The molecule has 0 unspecified atom stereocenters. The Morgan fingerprint density at radius 2 is 2.38 bits per heavy atom. The monoisotopic (exact) mass is 176 g/mol. The molecule has 3 nitrogen and oxygen atoms in total. The fourth-order valence-corrected chi connectivity index (χ4v) is 1.17. The van der Waals surface area contributed by atoms with Crippen LogP contribution in [0, 0.1) is 17.1 Å². The van der Waals surface area contributed by atoms with Crippen LogP contribution in [0.2, 0.25) is 0 Å². The number of nitrogens with zero attached hydrogens (tertiary/aromatic N) is 2. The van der Waals surface area contributed by atoms with E-state index in [0.717, 1.165) is 0 Å². The van der Waals surface area contributed by atoms with Gasteiger partial charge in [-0.25, -0.2) is 4.39 Å². The van der Waals surface area contributed by atoms with Crippen LogP contribution in [0.1, 0.15) is 5.69 Å². The van der Waals surface area contributed by atoms with Crippen LogP contribution in [-0.2, 0) is 6.42 Å². The van der Waals surface area contributed by atoms with E-state index in [9.17, 15) is 4.39 Å². The number of aromatic nitrogens is 1. The number of nitriles is 1. The quantitative estimate of drug-likeness (QED) is 0.667. The first-order chi connectivity index (χ1) is 6.31. The number of rotatable bonds is 1. The van der Waals surface area contributed by atoms with Gasteiger partial charge in [-0.1, -0.05) is 5.16 Å². The van der Waals surface area contributed by atoms with Crippen molar-refractivity contribution in [3.63, 3.8) is 0 Å². The van der Waals surface area contributed by atoms with E-state index in [2.05, 4.69) is 5.16 Å². The van der Waals surface area contributed by atoms with Crippen LogP contribution >= 0.6 is 0 Å². The van der Waals surface area contributed by atoms with Crippen LogP contribution in [0.3, 0.4) is 0 Å². The number of fused-ring (bicyclic) bond motifs is 1. The van der Waals surface area contributed by atoms with Gasteiger partial charge in [-0.2, -0.15) is 5.26 Å². The average molecular weight is 176 g/mol. The molecule has 64 valence electrons. The molecule has 0 atom stereocenters. The van der Waals surface area contributed by atoms with Gasteiger partial charge in [-0.3, -0.25) is 0 Å². The van der Waals surface area contributed by atoms with Crippen LogP contribution in [0.5, 0.6) is 0 Å². The summed E-state index contributed by atoms with van der Waals surface area (Å²) in [5, 5.41) is 12.8. The number of hydrogen-bond donors (Lipinski definition) is 0. The van der Waals surface area contributed by atoms with E-state index in [0.29, 0.717) is 16.7 Å². The third-order valence-electron chi connectivity index (χ3n) is 1.76. The molecular weight excluding hydrogens is 171 g/mol. The van der Waals surface area contributed by atoms with Crippen LogP contribution in [0.15, 0.2) is 22.7 Å². The van der Waals surface area contributed by atoms with Crippen molar-refractivity contribution in [2.24, 2.45) is 0 Å². The number of benzene rings is 1. The lowest BCUT2D eigenvalue weighted by molar-refractivity contribution is 0.447. The van der Waals surface area contributed by atoms with Gasteiger partial charge < -0.3 is 4.52 Å². The Hall–Kier alpha value is -1.89. The Morgan fingerprint density at radius 1 is 1.54 bits per heavy atom. The Balaban J connectivity index is 2.63. The first kappa shape index (κ1) is 7.74. The number of hydrogen-bond acceptors (Lipinski definition) is 3. The predicted molar refractivity (Wildman–Crippen MR) is 43.3 cm³/mol. The van der Waals surface area contributed by atoms with E-state index < -0.39 is 0 Å². The molecule has 1 aromatic carbocycles. The van der Waals surface area contributed by atoms with E-state index in [4.69, 9.17) is 9.78 Å². The molecule has 0 bridgehead atoms. The molecule has 0 radical (unpaired) electrons. The molecule has 0 saturated carbocycles. The molecule has 1 heterocycles. The summed E-state index contributed by atoms with van der Waals surface area (Å²) in [5.41, 5.74) is 0.933. The van der Waals surface area contributed by atoms with Crippen molar-refractivity contribution in [2.75, 3.05) is 0 Å². The maximum Gasteiger partial charge on any atom is 0.170 e. The van der Waals surface area contributed by atoms with E-state index in [1.54, 1.807) is 6.07 Å². The van der Waals surface area contributed by atoms with Gasteiger partial charge in [-0.15, -0.1) is 0 Å². The first-order valence-corrected chi connectivity index (χ1v) is 3.72. The van der Waals surface area contributed by atoms with Crippen LogP contribution in [0.4, 0.5) is 4.39 Å². The second-order valence-corrected chi connectivity index (χ2v) is 2.60. The molecule has 0 fully saturated rings. The van der Waals surface area contributed by atoms with E-state index >= 15 is 0 Å². The third kappa shape index (κ3) is 1.25. The minimum absolute atomic E-state index is 0.179. The van der Waals surface area contributed by atoms with Crippen molar-refractivity contribution >= 4 is 11.0 Å². The highest BCUT2D eigenvalue weighted by Gasteiger charge is 2.07. The lowest BCUT2D eigenvalue weighted by atomic mass is 10.2. The molecule has 0 aliphatic carbocycles. The van der Waals surface area contributed by atoms with Crippen LogP contribution < -0.4 is 0 Å². The molecule has 13 heavy (non-hydrogen) atoms. The maximum atomic E-state index is 12.7. The summed E-state index contributed by atoms with van der Waals surface area (Å²) in [7, 11) is 0. The van der Waals surface area contributed by atoms with Crippen molar-refractivity contribution in [1.29, 1.82) is 5.26 Å². The Labute approximate surface area is 73.4 Å². The smallest absolute Gasteiger partial charge is 0.170 e. The molecule has 0 amide bonds. The van der Waals surface area contributed by atoms with Gasteiger partial charge in [0.1, 0.15) is 11.5 Å². The highest BCUT2D eigenvalue weighted by molar-refractivity contribution is 5.79. The third-order valence-corrected chi connectivity index (χ3v) is 1.76. The van der Waals surface area contributed by atoms with E-state index in [1.165, 1.54) is 12.1 Å². The second-order valence-electron chi connectivity index (χ2n) is 2.60. The highest BCUT2D eigenvalue weighted by atomic mass is 19.1. The number of halogens is 1. The maximum absolute atomic E-state index is 12.7. The van der Waals surface area contributed by atoms with Crippen molar-refractivity contribution in [2.45, 2.75) is 6.42 Å². The fraction of sp³-hybridized carbons (Fsp3) is 0.111. The normalized spacial score (nSPS) is 10.2. The van der Waals surface area contributed by atoms with Crippen LogP contribution in [-0.4, -0.2) is 5.16 Å². The van der Waals surface area contributed by atoms with Gasteiger partial charge >= 0.3 is 0 Å². The second kappa shape index (κ2) is 2.87. The van der Waals surface area contributed by atoms with Crippen molar-refractivity contribution in [3.8, 4) is 6.07 Å². The highest BCUT2D eigenvalue weighted by Crippen LogP contribution is 2.19. The molecular formula is C9H5FN2O. The summed E-state index contributed by atoms with van der Waals surface area (Å²) in [4.78, 5) is 0. The van der Waals surface area contributed by atoms with Gasteiger partial charge in [0.2, 0.25) is 0 Å². The summed E-state index contributed by atoms with van der Waals surface area (Å²) < 4.78 is 17.5. The Morgan fingerprint density at radius 3 is 3.15 bits per heavy atom. The zero-order valence-corrected chi connectivity index (χ0v) is 6.62. The van der Waals surface area contributed by atoms with Crippen molar-refractivity contribution < 1.29 is 8.91 Å². The minimum Gasteiger partial charge on any atom is -0.356 e. The van der Waals surface area contributed by atoms with E-state index in [-0.39, 0.29) is 12.2 Å². The standard InChI is InChI=1S/C9H5FN2O/c10-6-1-2-7-8(3-4-11)12-13-9(7)5-6/h1-2,5H,3H2. The zero-order valence-electron chi connectivity index (χ0n) is 6.62. The fourth-order valence-electron chi connectivity index (χ4n) is 1.17. The summed E-state index contributed by atoms with van der Waals surface area (Å²) in [6, 6.07) is 6.10. The largest absolute Gasteiger partial charge is 0.356 e. The molecule has 2 aromatic rings. The summed E-state index contributed by atoms with van der Waals surface area (Å²) in [5.74, 6) is -0.368. The lowest BCUT2D eigenvalue weighted by Gasteiger charge is -1.87. The predicted octanol–water partition coefficient (Wildman–Crippen LogP) is 2.03. The summed E-state index contributed by atoms with van der Waals surface area (Å²) in [6.45, 7) is 0. The molecule has 1 aromatic heterocycles. The van der Waals surface area contributed by atoms with Crippen molar-refractivity contribution in [3.05, 3.63) is 29.7 Å². The average Bonchev–Trinajstić information content (AvgIpc) is 2.49.